The maximum atomic E-state index is 11.8. The molecule has 0 spiro atoms. The number of aromatic nitrogens is 1. The van der Waals surface area contributed by atoms with Crippen molar-refractivity contribution in [3.05, 3.63) is 48.3 Å². The van der Waals surface area contributed by atoms with Crippen molar-refractivity contribution in [1.82, 2.24) is 10.3 Å². The molecule has 0 aliphatic rings. The average Bonchev–Trinajstić information content (AvgIpc) is 2.58. The topological polar surface area (TPSA) is 72.5 Å². The summed E-state index contributed by atoms with van der Waals surface area (Å²) in [7, 11) is 3.16. The van der Waals surface area contributed by atoms with Gasteiger partial charge in [0.25, 0.3) is 0 Å². The number of methoxy groups -OCH3 is 2. The van der Waals surface area contributed by atoms with Crippen molar-refractivity contribution >= 4 is 11.6 Å². The molecule has 2 N–H and O–H groups in total. The molecule has 6 nitrogen and oxygen atoms in total. The molecular weight excluding hydrogens is 282 g/mol. The molecule has 0 saturated carbocycles. The molecule has 2 aromatic rings. The first-order valence-electron chi connectivity index (χ1n) is 6.85. The lowest BCUT2D eigenvalue weighted by Crippen LogP contribution is -2.29. The van der Waals surface area contributed by atoms with Gasteiger partial charge in [-0.05, 0) is 24.3 Å². The van der Waals surface area contributed by atoms with Crippen LogP contribution in [0.3, 0.4) is 0 Å². The van der Waals surface area contributed by atoms with Gasteiger partial charge in [0, 0.05) is 12.3 Å². The number of pyridine rings is 1. The van der Waals surface area contributed by atoms with Crippen LogP contribution in [0.4, 0.5) is 5.69 Å². The summed E-state index contributed by atoms with van der Waals surface area (Å²) in [6.07, 6.45) is 1.70. The Labute approximate surface area is 129 Å². The van der Waals surface area contributed by atoms with E-state index in [9.17, 15) is 4.79 Å². The number of carbonyl (C=O) groups is 1. The van der Waals surface area contributed by atoms with Crippen LogP contribution in [-0.4, -0.2) is 31.7 Å². The van der Waals surface area contributed by atoms with Gasteiger partial charge in [-0.15, -0.1) is 0 Å². The van der Waals surface area contributed by atoms with Crippen LogP contribution < -0.4 is 20.1 Å². The number of rotatable bonds is 7. The van der Waals surface area contributed by atoms with Gasteiger partial charge >= 0.3 is 0 Å². The summed E-state index contributed by atoms with van der Waals surface area (Å²) >= 11 is 0. The third-order valence-corrected chi connectivity index (χ3v) is 3.04. The Kier molecular flexibility index (Phi) is 5.59. The average molecular weight is 301 g/mol. The lowest BCUT2D eigenvalue weighted by molar-refractivity contribution is -0.119. The molecule has 0 fully saturated rings. The number of hydrogen-bond donors (Lipinski definition) is 2. The minimum atomic E-state index is -0.122. The number of benzene rings is 1. The van der Waals surface area contributed by atoms with Gasteiger partial charge in [0.15, 0.2) is 0 Å². The molecule has 0 aliphatic heterocycles. The van der Waals surface area contributed by atoms with Gasteiger partial charge < -0.3 is 20.1 Å². The summed E-state index contributed by atoms with van der Waals surface area (Å²) in [5.41, 5.74) is 1.55. The number of hydrogen-bond acceptors (Lipinski definition) is 5. The number of anilines is 1. The van der Waals surface area contributed by atoms with Crippen LogP contribution in [0.1, 0.15) is 5.69 Å². The molecule has 1 heterocycles. The first-order valence-corrected chi connectivity index (χ1v) is 6.85. The molecule has 1 aromatic carbocycles. The van der Waals surface area contributed by atoms with Gasteiger partial charge in [0.2, 0.25) is 5.91 Å². The number of amides is 1. The van der Waals surface area contributed by atoms with Crippen molar-refractivity contribution in [2.24, 2.45) is 0 Å². The van der Waals surface area contributed by atoms with Crippen molar-refractivity contribution in [3.63, 3.8) is 0 Å². The van der Waals surface area contributed by atoms with E-state index in [0.29, 0.717) is 18.0 Å². The minimum absolute atomic E-state index is 0.122. The molecule has 1 aromatic heterocycles. The Balaban J connectivity index is 1.86. The number of nitrogens with zero attached hydrogens (tertiary/aromatic N) is 1. The summed E-state index contributed by atoms with van der Waals surface area (Å²) in [5, 5.41) is 5.84. The molecule has 116 valence electrons. The fourth-order valence-corrected chi connectivity index (χ4v) is 1.87. The van der Waals surface area contributed by atoms with Crippen molar-refractivity contribution in [2.75, 3.05) is 26.1 Å². The summed E-state index contributed by atoms with van der Waals surface area (Å²) in [5.74, 6) is 1.20. The van der Waals surface area contributed by atoms with E-state index in [4.69, 9.17) is 9.47 Å². The maximum Gasteiger partial charge on any atom is 0.239 e. The smallest absolute Gasteiger partial charge is 0.239 e. The van der Waals surface area contributed by atoms with E-state index >= 15 is 0 Å². The summed E-state index contributed by atoms with van der Waals surface area (Å²) in [4.78, 5) is 16.0. The van der Waals surface area contributed by atoms with E-state index in [0.717, 1.165) is 11.4 Å². The third kappa shape index (κ3) is 4.37. The van der Waals surface area contributed by atoms with Crippen molar-refractivity contribution in [2.45, 2.75) is 6.54 Å². The molecule has 0 saturated heterocycles. The van der Waals surface area contributed by atoms with Gasteiger partial charge in [-0.2, -0.15) is 0 Å². The standard InChI is InChI=1S/C16H19N3O3/c1-21-13-6-7-14(15(9-13)22-2)18-11-16(20)19-10-12-5-3-4-8-17-12/h3-9,18H,10-11H2,1-2H3,(H,19,20). The molecule has 0 radical (unpaired) electrons. The number of nitrogens with one attached hydrogen (secondary N) is 2. The quantitative estimate of drug-likeness (QED) is 0.816. The molecule has 2 rings (SSSR count). The van der Waals surface area contributed by atoms with E-state index in [1.807, 2.05) is 24.3 Å². The Morgan fingerprint density at radius 1 is 1.18 bits per heavy atom. The monoisotopic (exact) mass is 301 g/mol. The lowest BCUT2D eigenvalue weighted by atomic mass is 10.2. The van der Waals surface area contributed by atoms with Crippen molar-refractivity contribution in [3.8, 4) is 11.5 Å². The predicted octanol–water partition coefficient (Wildman–Crippen LogP) is 1.83. The van der Waals surface area contributed by atoms with Crippen LogP contribution in [0.15, 0.2) is 42.6 Å². The Bertz CT molecular complexity index is 617. The Morgan fingerprint density at radius 3 is 2.73 bits per heavy atom. The number of ether oxygens (including phenoxy) is 2. The normalized spacial score (nSPS) is 9.91. The zero-order valence-electron chi connectivity index (χ0n) is 12.6. The fraction of sp³-hybridized carbons (Fsp3) is 0.250. The van der Waals surface area contributed by atoms with Crippen LogP contribution in [-0.2, 0) is 11.3 Å². The predicted molar refractivity (Wildman–Crippen MR) is 84.1 cm³/mol. The minimum Gasteiger partial charge on any atom is -0.497 e. The van der Waals surface area contributed by atoms with Gasteiger partial charge in [-0.25, -0.2) is 0 Å². The van der Waals surface area contributed by atoms with Crippen LogP contribution in [0.25, 0.3) is 0 Å². The highest BCUT2D eigenvalue weighted by molar-refractivity contribution is 5.81. The van der Waals surface area contributed by atoms with E-state index in [1.54, 1.807) is 32.5 Å². The molecule has 0 aliphatic carbocycles. The van der Waals surface area contributed by atoms with Gasteiger partial charge in [0.1, 0.15) is 11.5 Å². The molecule has 22 heavy (non-hydrogen) atoms. The molecule has 0 unspecified atom stereocenters. The Morgan fingerprint density at radius 2 is 2.05 bits per heavy atom. The van der Waals surface area contributed by atoms with E-state index in [2.05, 4.69) is 15.6 Å². The van der Waals surface area contributed by atoms with E-state index in [1.165, 1.54) is 0 Å². The summed E-state index contributed by atoms with van der Waals surface area (Å²) in [6, 6.07) is 11.0. The van der Waals surface area contributed by atoms with Crippen LogP contribution in [0, 0.1) is 0 Å². The molecule has 1 amide bonds. The second-order valence-electron chi connectivity index (χ2n) is 4.52. The largest absolute Gasteiger partial charge is 0.497 e. The van der Waals surface area contributed by atoms with Gasteiger partial charge in [-0.3, -0.25) is 9.78 Å². The van der Waals surface area contributed by atoms with Crippen LogP contribution >= 0.6 is 0 Å². The SMILES string of the molecule is COc1ccc(NCC(=O)NCc2ccccn2)c(OC)c1. The number of carbonyl (C=O) groups excluding carboxylic acids is 1. The van der Waals surface area contributed by atoms with Crippen molar-refractivity contribution in [1.29, 1.82) is 0 Å². The highest BCUT2D eigenvalue weighted by atomic mass is 16.5. The zero-order chi connectivity index (χ0) is 15.8. The highest BCUT2D eigenvalue weighted by Crippen LogP contribution is 2.28. The maximum absolute atomic E-state index is 11.8. The second kappa shape index (κ2) is 7.87. The zero-order valence-corrected chi connectivity index (χ0v) is 12.6. The van der Waals surface area contributed by atoms with Crippen LogP contribution in [0.2, 0.25) is 0 Å². The van der Waals surface area contributed by atoms with E-state index < -0.39 is 0 Å². The van der Waals surface area contributed by atoms with Gasteiger partial charge in [0.05, 0.1) is 38.7 Å². The highest BCUT2D eigenvalue weighted by Gasteiger charge is 2.07. The first-order chi connectivity index (χ1) is 10.7. The fourth-order valence-electron chi connectivity index (χ4n) is 1.87. The molecule has 0 atom stereocenters. The van der Waals surface area contributed by atoms with Crippen LogP contribution in [0.5, 0.6) is 11.5 Å². The lowest BCUT2D eigenvalue weighted by Gasteiger charge is -2.12. The van der Waals surface area contributed by atoms with Crippen molar-refractivity contribution < 1.29 is 14.3 Å². The summed E-state index contributed by atoms with van der Waals surface area (Å²) in [6.45, 7) is 0.552. The molecule has 0 bridgehead atoms. The molecule has 6 heteroatoms. The molecular formula is C16H19N3O3. The first kappa shape index (κ1) is 15.6. The van der Waals surface area contributed by atoms with Gasteiger partial charge in [-0.1, -0.05) is 6.07 Å². The van der Waals surface area contributed by atoms with E-state index in [-0.39, 0.29) is 12.5 Å². The second-order valence-corrected chi connectivity index (χ2v) is 4.52. The third-order valence-electron chi connectivity index (χ3n) is 3.04. The Hall–Kier alpha value is -2.76. The summed E-state index contributed by atoms with van der Waals surface area (Å²) < 4.78 is 10.4.